The van der Waals surface area contributed by atoms with Gasteiger partial charge in [0.25, 0.3) is 5.91 Å². The second-order valence-electron chi connectivity index (χ2n) is 5.81. The van der Waals surface area contributed by atoms with Crippen LogP contribution < -0.4 is 10.2 Å². The van der Waals surface area contributed by atoms with Crippen molar-refractivity contribution in [3.8, 4) is 0 Å². The summed E-state index contributed by atoms with van der Waals surface area (Å²) >= 11 is 12.4. The Morgan fingerprint density at radius 2 is 1.70 bits per heavy atom. The molecule has 3 nitrogen and oxygen atoms in total. The van der Waals surface area contributed by atoms with Crippen LogP contribution >= 0.6 is 23.2 Å². The molecule has 0 aliphatic heterocycles. The highest BCUT2D eigenvalue weighted by atomic mass is 35.5. The van der Waals surface area contributed by atoms with Crippen LogP contribution in [0.5, 0.6) is 0 Å². The van der Waals surface area contributed by atoms with Crippen LogP contribution in [0, 0.1) is 13.8 Å². The summed E-state index contributed by atoms with van der Waals surface area (Å²) in [6.45, 7) is 4.97. The van der Waals surface area contributed by atoms with Gasteiger partial charge in [0.1, 0.15) is 6.54 Å². The molecular formula is C18H21Cl2N2O+. The van der Waals surface area contributed by atoms with E-state index in [0.717, 1.165) is 27.3 Å². The number of likely N-dealkylation sites (N-methyl/N-ethyl adjacent to an activating group) is 1. The topological polar surface area (TPSA) is 33.5 Å². The molecule has 0 aliphatic rings. The molecule has 5 heteroatoms. The lowest BCUT2D eigenvalue weighted by Crippen LogP contribution is -3.08. The molecule has 0 saturated heterocycles. The van der Waals surface area contributed by atoms with Crippen molar-refractivity contribution < 1.29 is 9.69 Å². The molecule has 2 N–H and O–H groups in total. The molecule has 2 aromatic rings. The van der Waals surface area contributed by atoms with Crippen molar-refractivity contribution in [3.63, 3.8) is 0 Å². The first-order valence-corrected chi connectivity index (χ1v) is 8.24. The number of aryl methyl sites for hydroxylation is 1. The van der Waals surface area contributed by atoms with E-state index in [1.54, 1.807) is 0 Å². The Morgan fingerprint density at radius 1 is 1.09 bits per heavy atom. The summed E-state index contributed by atoms with van der Waals surface area (Å²) in [5, 5.41) is 4.23. The van der Waals surface area contributed by atoms with Gasteiger partial charge in [-0.1, -0.05) is 41.4 Å². The van der Waals surface area contributed by atoms with E-state index in [0.29, 0.717) is 23.1 Å². The van der Waals surface area contributed by atoms with Gasteiger partial charge in [-0.3, -0.25) is 4.79 Å². The average Bonchev–Trinajstić information content (AvgIpc) is 2.48. The van der Waals surface area contributed by atoms with Gasteiger partial charge in [0.2, 0.25) is 0 Å². The molecule has 0 spiro atoms. The molecule has 0 radical (unpaired) electrons. The first-order chi connectivity index (χ1) is 10.9. The third-order valence-electron chi connectivity index (χ3n) is 3.88. The highest BCUT2D eigenvalue weighted by molar-refractivity contribution is 6.35. The summed E-state index contributed by atoms with van der Waals surface area (Å²) in [4.78, 5) is 13.3. The molecule has 0 heterocycles. The van der Waals surface area contributed by atoms with E-state index >= 15 is 0 Å². The molecule has 0 aromatic heterocycles. The van der Waals surface area contributed by atoms with Gasteiger partial charge in [0, 0.05) is 11.3 Å². The predicted molar refractivity (Wildman–Crippen MR) is 96.5 cm³/mol. The van der Waals surface area contributed by atoms with E-state index in [1.807, 2.05) is 57.3 Å². The van der Waals surface area contributed by atoms with E-state index in [1.165, 1.54) is 0 Å². The van der Waals surface area contributed by atoms with Gasteiger partial charge in [-0.25, -0.2) is 0 Å². The van der Waals surface area contributed by atoms with E-state index in [-0.39, 0.29) is 5.91 Å². The van der Waals surface area contributed by atoms with Crippen LogP contribution in [0.4, 0.5) is 5.69 Å². The minimum Gasteiger partial charge on any atom is -0.326 e. The van der Waals surface area contributed by atoms with Crippen molar-refractivity contribution in [1.29, 1.82) is 0 Å². The largest absolute Gasteiger partial charge is 0.326 e. The number of hydrogen-bond acceptors (Lipinski definition) is 1. The Kier molecular flexibility index (Phi) is 6.05. The normalized spacial score (nSPS) is 12.0. The van der Waals surface area contributed by atoms with E-state index in [9.17, 15) is 4.79 Å². The predicted octanol–water partition coefficient (Wildman–Crippen LogP) is 3.26. The number of quaternary nitrogens is 1. The first kappa shape index (κ1) is 17.8. The van der Waals surface area contributed by atoms with Crippen LogP contribution in [0.25, 0.3) is 0 Å². The fourth-order valence-corrected chi connectivity index (χ4v) is 2.95. The van der Waals surface area contributed by atoms with Crippen LogP contribution in [-0.2, 0) is 11.3 Å². The molecule has 1 unspecified atom stereocenters. The minimum atomic E-state index is -0.0284. The van der Waals surface area contributed by atoms with Crippen molar-refractivity contribution in [2.45, 2.75) is 20.4 Å². The molecule has 1 atom stereocenters. The Hall–Kier alpha value is -1.55. The van der Waals surface area contributed by atoms with Gasteiger partial charge in [-0.15, -0.1) is 0 Å². The molecule has 2 aromatic carbocycles. The second kappa shape index (κ2) is 7.82. The number of hydrogen-bond donors (Lipinski definition) is 2. The van der Waals surface area contributed by atoms with Crippen LogP contribution in [0.15, 0.2) is 36.4 Å². The van der Waals surface area contributed by atoms with Crippen molar-refractivity contribution >= 4 is 34.8 Å². The molecule has 0 saturated carbocycles. The second-order valence-corrected chi connectivity index (χ2v) is 6.62. The molecule has 0 fully saturated rings. The fourth-order valence-electron chi connectivity index (χ4n) is 2.42. The summed E-state index contributed by atoms with van der Waals surface area (Å²) < 4.78 is 0. The third kappa shape index (κ3) is 4.71. The van der Waals surface area contributed by atoms with Gasteiger partial charge in [0.05, 0.1) is 17.1 Å². The lowest BCUT2D eigenvalue weighted by molar-refractivity contribution is -0.885. The summed E-state index contributed by atoms with van der Waals surface area (Å²) in [5.74, 6) is -0.0284. The third-order valence-corrected chi connectivity index (χ3v) is 4.59. The highest BCUT2D eigenvalue weighted by Gasteiger charge is 2.15. The Morgan fingerprint density at radius 3 is 2.35 bits per heavy atom. The molecule has 23 heavy (non-hydrogen) atoms. The maximum absolute atomic E-state index is 12.2. The zero-order valence-electron chi connectivity index (χ0n) is 13.5. The number of benzene rings is 2. The number of carbonyl (C=O) groups excluding carboxylic acids is 1. The molecule has 122 valence electrons. The number of halogens is 2. The van der Waals surface area contributed by atoms with E-state index in [2.05, 4.69) is 5.32 Å². The van der Waals surface area contributed by atoms with Gasteiger partial charge in [0.15, 0.2) is 6.54 Å². The lowest BCUT2D eigenvalue weighted by atomic mass is 10.1. The minimum absolute atomic E-state index is 0.0284. The number of rotatable bonds is 5. The van der Waals surface area contributed by atoms with Crippen molar-refractivity contribution in [2.75, 3.05) is 18.9 Å². The van der Waals surface area contributed by atoms with Gasteiger partial charge in [-0.05, 0) is 43.2 Å². The zero-order valence-corrected chi connectivity index (χ0v) is 15.1. The Balaban J connectivity index is 1.99. The van der Waals surface area contributed by atoms with Crippen molar-refractivity contribution in [1.82, 2.24) is 0 Å². The number of nitrogens with one attached hydrogen (secondary N) is 2. The quantitative estimate of drug-likeness (QED) is 0.851. The number of amides is 1. The summed E-state index contributed by atoms with van der Waals surface area (Å²) in [5.41, 5.74) is 3.98. The fraction of sp³-hybridized carbons (Fsp3) is 0.278. The molecular weight excluding hydrogens is 331 g/mol. The van der Waals surface area contributed by atoms with Crippen LogP contribution in [0.2, 0.25) is 10.0 Å². The van der Waals surface area contributed by atoms with Gasteiger partial charge < -0.3 is 10.2 Å². The van der Waals surface area contributed by atoms with Crippen molar-refractivity contribution in [3.05, 3.63) is 63.1 Å². The zero-order chi connectivity index (χ0) is 17.0. The monoisotopic (exact) mass is 351 g/mol. The molecule has 0 bridgehead atoms. The SMILES string of the molecule is Cc1cccc(NC(=O)C[NH+](C)Cc2c(Cl)cccc2Cl)c1C. The first-order valence-electron chi connectivity index (χ1n) is 7.48. The van der Waals surface area contributed by atoms with E-state index in [4.69, 9.17) is 23.2 Å². The molecule has 1 amide bonds. The number of anilines is 1. The average molecular weight is 352 g/mol. The smallest absolute Gasteiger partial charge is 0.279 e. The summed E-state index contributed by atoms with van der Waals surface area (Å²) in [7, 11) is 1.95. The summed E-state index contributed by atoms with van der Waals surface area (Å²) in [6, 6.07) is 11.3. The molecule has 2 rings (SSSR count). The summed E-state index contributed by atoms with van der Waals surface area (Å²) in [6.07, 6.45) is 0. The van der Waals surface area contributed by atoms with Crippen LogP contribution in [0.1, 0.15) is 16.7 Å². The maximum atomic E-state index is 12.2. The van der Waals surface area contributed by atoms with Gasteiger partial charge >= 0.3 is 0 Å². The van der Waals surface area contributed by atoms with Crippen molar-refractivity contribution in [2.24, 2.45) is 0 Å². The van der Waals surface area contributed by atoms with E-state index < -0.39 is 0 Å². The van der Waals surface area contributed by atoms with Crippen LogP contribution in [0.3, 0.4) is 0 Å². The molecule has 0 aliphatic carbocycles. The Labute approximate surface area is 147 Å². The van der Waals surface area contributed by atoms with Gasteiger partial charge in [-0.2, -0.15) is 0 Å². The van der Waals surface area contributed by atoms with Crippen LogP contribution in [-0.4, -0.2) is 19.5 Å². The number of carbonyl (C=O) groups is 1. The Bertz CT molecular complexity index is 696. The standard InChI is InChI=1S/C18H20Cl2N2O/c1-12-6-4-9-17(13(12)2)21-18(23)11-22(3)10-14-15(19)7-5-8-16(14)20/h4-9H,10-11H2,1-3H3,(H,21,23)/p+1. The maximum Gasteiger partial charge on any atom is 0.279 e. The highest BCUT2D eigenvalue weighted by Crippen LogP contribution is 2.23. The lowest BCUT2D eigenvalue weighted by Gasteiger charge is -2.16.